The summed E-state index contributed by atoms with van der Waals surface area (Å²) in [4.78, 5) is 0. The minimum atomic E-state index is 0.715. The fourth-order valence-corrected chi connectivity index (χ4v) is 1.11. The molecule has 0 unspecified atom stereocenters. The average Bonchev–Trinajstić information content (AvgIpc) is 2.68. The first-order valence-corrected chi connectivity index (χ1v) is 5.47. The van der Waals surface area contributed by atoms with Gasteiger partial charge in [-0.1, -0.05) is 19.0 Å². The highest BCUT2D eigenvalue weighted by atomic mass is 16.5. The lowest BCUT2D eigenvalue weighted by Crippen LogP contribution is -2.19. The number of aromatic nitrogens is 1. The molecule has 0 bridgehead atoms. The van der Waals surface area contributed by atoms with Gasteiger partial charge in [-0.25, -0.2) is 0 Å². The van der Waals surface area contributed by atoms with E-state index in [9.17, 15) is 0 Å². The van der Waals surface area contributed by atoms with E-state index >= 15 is 0 Å². The molecule has 4 nitrogen and oxygen atoms in total. The second-order valence-corrected chi connectivity index (χ2v) is 3.95. The van der Waals surface area contributed by atoms with Crippen LogP contribution in [0.15, 0.2) is 16.8 Å². The Balaban J connectivity index is 1.85. The molecule has 15 heavy (non-hydrogen) atoms. The monoisotopic (exact) mass is 212 g/mol. The molecule has 86 valence electrons. The highest BCUT2D eigenvalue weighted by Gasteiger charge is 1.96. The van der Waals surface area contributed by atoms with Gasteiger partial charge in [0, 0.05) is 19.2 Å². The van der Waals surface area contributed by atoms with E-state index in [0.29, 0.717) is 12.5 Å². The molecule has 0 aliphatic heterocycles. The lowest BCUT2D eigenvalue weighted by atomic mass is 10.1. The van der Waals surface area contributed by atoms with Crippen molar-refractivity contribution in [3.63, 3.8) is 0 Å². The molecule has 1 aromatic rings. The topological polar surface area (TPSA) is 47.3 Å². The molecule has 0 amide bonds. The van der Waals surface area contributed by atoms with E-state index in [-0.39, 0.29) is 0 Å². The normalized spacial score (nSPS) is 11.1. The molecule has 0 spiro atoms. The zero-order valence-corrected chi connectivity index (χ0v) is 9.53. The predicted molar refractivity (Wildman–Crippen MR) is 58.5 cm³/mol. The van der Waals surface area contributed by atoms with Gasteiger partial charge in [-0.15, -0.1) is 0 Å². The maximum Gasteiger partial charge on any atom is 0.150 e. The van der Waals surface area contributed by atoms with Crippen molar-refractivity contribution in [1.82, 2.24) is 10.5 Å². The molecule has 0 fully saturated rings. The fourth-order valence-electron chi connectivity index (χ4n) is 1.11. The second-order valence-electron chi connectivity index (χ2n) is 3.95. The largest absolute Gasteiger partial charge is 0.380 e. The Morgan fingerprint density at radius 1 is 1.47 bits per heavy atom. The molecule has 0 saturated carbocycles. The van der Waals surface area contributed by atoms with Gasteiger partial charge in [0.15, 0.2) is 0 Å². The maximum absolute atomic E-state index is 5.46. The molecule has 1 heterocycles. The van der Waals surface area contributed by atoms with Gasteiger partial charge in [0.2, 0.25) is 0 Å². The van der Waals surface area contributed by atoms with Gasteiger partial charge in [0.25, 0.3) is 0 Å². The number of hydrogen-bond donors (Lipinski definition) is 1. The molecular weight excluding hydrogens is 192 g/mol. The molecule has 0 atom stereocenters. The first-order valence-electron chi connectivity index (χ1n) is 5.47. The van der Waals surface area contributed by atoms with Crippen molar-refractivity contribution in [3.8, 4) is 0 Å². The first kappa shape index (κ1) is 12.2. The molecular formula is C11H20N2O2. The lowest BCUT2D eigenvalue weighted by Gasteiger charge is -2.06. The van der Waals surface area contributed by atoms with Gasteiger partial charge in [0.1, 0.15) is 5.76 Å². The summed E-state index contributed by atoms with van der Waals surface area (Å²) in [5.74, 6) is 1.57. The van der Waals surface area contributed by atoms with Gasteiger partial charge in [-0.2, -0.15) is 0 Å². The van der Waals surface area contributed by atoms with E-state index in [1.807, 2.05) is 6.07 Å². The Bertz CT molecular complexity index is 235. The molecule has 1 aromatic heterocycles. The van der Waals surface area contributed by atoms with Gasteiger partial charge < -0.3 is 14.6 Å². The van der Waals surface area contributed by atoms with Crippen LogP contribution in [0.2, 0.25) is 0 Å². The van der Waals surface area contributed by atoms with Crippen LogP contribution < -0.4 is 5.32 Å². The fraction of sp³-hybridized carbons (Fsp3) is 0.727. The van der Waals surface area contributed by atoms with Gasteiger partial charge in [0.05, 0.1) is 19.3 Å². The van der Waals surface area contributed by atoms with Crippen molar-refractivity contribution in [2.24, 2.45) is 5.92 Å². The van der Waals surface area contributed by atoms with E-state index in [4.69, 9.17) is 9.26 Å². The van der Waals surface area contributed by atoms with Gasteiger partial charge >= 0.3 is 0 Å². The highest BCUT2D eigenvalue weighted by molar-refractivity contribution is 4.91. The molecule has 0 saturated heterocycles. The van der Waals surface area contributed by atoms with Crippen LogP contribution in [0, 0.1) is 5.92 Å². The van der Waals surface area contributed by atoms with Crippen molar-refractivity contribution in [2.75, 3.05) is 19.8 Å². The van der Waals surface area contributed by atoms with Crippen LogP contribution in [0.5, 0.6) is 0 Å². The Labute approximate surface area is 91.0 Å². The molecule has 1 N–H and O–H groups in total. The standard InChI is InChI=1S/C11H20N2O2/c1-10(2)4-7-14-8-6-12-9-11-3-5-13-15-11/h3,5,10,12H,4,6-9H2,1-2H3. The summed E-state index contributed by atoms with van der Waals surface area (Å²) in [6.07, 6.45) is 2.78. The molecule has 0 aliphatic rings. The van der Waals surface area contributed by atoms with E-state index < -0.39 is 0 Å². The van der Waals surface area contributed by atoms with Crippen molar-refractivity contribution in [3.05, 3.63) is 18.0 Å². The number of ether oxygens (including phenoxy) is 1. The summed E-state index contributed by atoms with van der Waals surface area (Å²) in [6.45, 7) is 7.56. The number of nitrogens with zero attached hydrogens (tertiary/aromatic N) is 1. The summed E-state index contributed by atoms with van der Waals surface area (Å²) in [5, 5.41) is 6.84. The van der Waals surface area contributed by atoms with E-state index in [1.165, 1.54) is 0 Å². The van der Waals surface area contributed by atoms with Gasteiger partial charge in [-0.3, -0.25) is 0 Å². The van der Waals surface area contributed by atoms with Crippen molar-refractivity contribution >= 4 is 0 Å². The maximum atomic E-state index is 5.46. The Hall–Kier alpha value is -0.870. The summed E-state index contributed by atoms with van der Waals surface area (Å²) in [5.41, 5.74) is 0. The van der Waals surface area contributed by atoms with Crippen LogP contribution in [-0.2, 0) is 11.3 Å². The number of nitrogens with one attached hydrogen (secondary N) is 1. The second kappa shape index (κ2) is 7.43. The first-order chi connectivity index (χ1) is 7.29. The Morgan fingerprint density at radius 3 is 3.00 bits per heavy atom. The summed E-state index contributed by atoms with van der Waals surface area (Å²) in [6, 6.07) is 1.85. The van der Waals surface area contributed by atoms with E-state index in [0.717, 1.165) is 31.9 Å². The third-order valence-corrected chi connectivity index (χ3v) is 2.05. The van der Waals surface area contributed by atoms with Crippen LogP contribution in [0.4, 0.5) is 0 Å². The molecule has 4 heteroatoms. The summed E-state index contributed by atoms with van der Waals surface area (Å²) >= 11 is 0. The zero-order valence-electron chi connectivity index (χ0n) is 9.53. The lowest BCUT2D eigenvalue weighted by molar-refractivity contribution is 0.124. The van der Waals surface area contributed by atoms with Gasteiger partial charge in [-0.05, 0) is 12.3 Å². The molecule has 0 aliphatic carbocycles. The van der Waals surface area contributed by atoms with E-state index in [1.54, 1.807) is 6.20 Å². The van der Waals surface area contributed by atoms with Crippen LogP contribution in [0.3, 0.4) is 0 Å². The Morgan fingerprint density at radius 2 is 2.33 bits per heavy atom. The van der Waals surface area contributed by atoms with Crippen molar-refractivity contribution in [1.29, 1.82) is 0 Å². The highest BCUT2D eigenvalue weighted by Crippen LogP contribution is 1.98. The third kappa shape index (κ3) is 6.25. The quantitative estimate of drug-likeness (QED) is 0.668. The van der Waals surface area contributed by atoms with Crippen LogP contribution >= 0.6 is 0 Å². The minimum Gasteiger partial charge on any atom is -0.380 e. The van der Waals surface area contributed by atoms with Crippen LogP contribution in [-0.4, -0.2) is 24.9 Å². The third-order valence-electron chi connectivity index (χ3n) is 2.05. The summed E-state index contributed by atoms with van der Waals surface area (Å²) < 4.78 is 10.4. The zero-order chi connectivity index (χ0) is 10.9. The van der Waals surface area contributed by atoms with E-state index in [2.05, 4.69) is 24.3 Å². The molecule has 0 aromatic carbocycles. The molecule has 0 radical (unpaired) electrons. The predicted octanol–water partition coefficient (Wildman–Crippen LogP) is 1.83. The molecule has 1 rings (SSSR count). The SMILES string of the molecule is CC(C)CCOCCNCc1ccno1. The smallest absolute Gasteiger partial charge is 0.150 e. The van der Waals surface area contributed by atoms with Crippen molar-refractivity contribution in [2.45, 2.75) is 26.8 Å². The summed E-state index contributed by atoms with van der Waals surface area (Å²) in [7, 11) is 0. The van der Waals surface area contributed by atoms with Crippen LogP contribution in [0.25, 0.3) is 0 Å². The van der Waals surface area contributed by atoms with Crippen LogP contribution in [0.1, 0.15) is 26.0 Å². The Kier molecular flexibility index (Phi) is 6.04. The number of rotatable bonds is 8. The minimum absolute atomic E-state index is 0.715. The van der Waals surface area contributed by atoms with Crippen molar-refractivity contribution < 1.29 is 9.26 Å². The average molecular weight is 212 g/mol. The number of hydrogen-bond acceptors (Lipinski definition) is 4.